The Kier molecular flexibility index (Phi) is 7.04. The maximum absolute atomic E-state index is 13.4. The molecule has 0 N–H and O–H groups in total. The lowest BCUT2D eigenvalue weighted by Gasteiger charge is -2.24. The van der Waals surface area contributed by atoms with E-state index in [1.54, 1.807) is 17.6 Å². The first-order chi connectivity index (χ1) is 17.0. The molecular formula is C27H31N3O4S. The van der Waals surface area contributed by atoms with E-state index in [-0.39, 0.29) is 24.0 Å². The van der Waals surface area contributed by atoms with Crippen LogP contribution in [-0.2, 0) is 20.5 Å². The number of rotatable bonds is 8. The van der Waals surface area contributed by atoms with Crippen LogP contribution in [0.4, 0.5) is 5.69 Å². The van der Waals surface area contributed by atoms with E-state index in [2.05, 4.69) is 22.0 Å². The smallest absolute Gasteiger partial charge is 0.218 e. The standard InChI is InChI=1S/C27H31N3O4S/c1-33-26-18-29(22-10-3-2-4-11-22)19-27(26)34-23-12-7-9-21(17-23)20-35(31,32)30-16-8-14-25(30)24-13-5-6-15-28-24/h2-7,9-13,15,17,25-27H,8,14,16,18-20H2,1H3/t25?,26-,27-/m1/s1. The van der Waals surface area contributed by atoms with E-state index in [1.165, 1.54) is 0 Å². The first-order valence-electron chi connectivity index (χ1n) is 12.0. The van der Waals surface area contributed by atoms with Crippen LogP contribution in [-0.4, -0.2) is 56.7 Å². The summed E-state index contributed by atoms with van der Waals surface area (Å²) >= 11 is 0. The summed E-state index contributed by atoms with van der Waals surface area (Å²) in [6.45, 7) is 1.96. The van der Waals surface area contributed by atoms with Gasteiger partial charge in [-0.25, -0.2) is 8.42 Å². The lowest BCUT2D eigenvalue weighted by molar-refractivity contribution is 0.0347. The third kappa shape index (κ3) is 5.34. The van der Waals surface area contributed by atoms with Gasteiger partial charge in [-0.05, 0) is 54.8 Å². The fourth-order valence-electron chi connectivity index (χ4n) is 5.05. The van der Waals surface area contributed by atoms with Gasteiger partial charge in [-0.15, -0.1) is 0 Å². The van der Waals surface area contributed by atoms with Gasteiger partial charge in [0.1, 0.15) is 18.0 Å². The van der Waals surface area contributed by atoms with Crippen molar-refractivity contribution < 1.29 is 17.9 Å². The molecule has 0 amide bonds. The van der Waals surface area contributed by atoms with E-state index in [1.807, 2.05) is 60.7 Å². The highest BCUT2D eigenvalue weighted by Crippen LogP contribution is 2.34. The van der Waals surface area contributed by atoms with E-state index in [9.17, 15) is 8.42 Å². The average molecular weight is 494 g/mol. The summed E-state index contributed by atoms with van der Waals surface area (Å²) in [7, 11) is -1.81. The maximum Gasteiger partial charge on any atom is 0.218 e. The van der Waals surface area contributed by atoms with Gasteiger partial charge >= 0.3 is 0 Å². The Labute approximate surface area is 207 Å². The van der Waals surface area contributed by atoms with Crippen molar-refractivity contribution >= 4 is 15.7 Å². The third-order valence-corrected chi connectivity index (χ3v) is 8.61. The zero-order valence-electron chi connectivity index (χ0n) is 19.9. The number of methoxy groups -OCH3 is 1. The molecule has 3 heterocycles. The number of hydrogen-bond acceptors (Lipinski definition) is 6. The molecule has 3 aromatic rings. The minimum absolute atomic E-state index is 0.0674. The Morgan fingerprint density at radius 1 is 0.971 bits per heavy atom. The quantitative estimate of drug-likeness (QED) is 0.472. The molecule has 184 valence electrons. The van der Waals surface area contributed by atoms with Crippen LogP contribution >= 0.6 is 0 Å². The molecular weight excluding hydrogens is 462 g/mol. The zero-order chi connectivity index (χ0) is 24.3. The van der Waals surface area contributed by atoms with Gasteiger partial charge in [0.05, 0.1) is 24.0 Å². The second kappa shape index (κ2) is 10.4. The Balaban J connectivity index is 1.28. The number of benzene rings is 2. The van der Waals surface area contributed by atoms with E-state index < -0.39 is 10.0 Å². The molecule has 35 heavy (non-hydrogen) atoms. The van der Waals surface area contributed by atoms with Crippen molar-refractivity contribution in [2.45, 2.75) is 36.8 Å². The molecule has 2 fully saturated rings. The predicted octanol–water partition coefficient (Wildman–Crippen LogP) is 4.03. The summed E-state index contributed by atoms with van der Waals surface area (Å²) < 4.78 is 40.4. The van der Waals surface area contributed by atoms with Gasteiger partial charge in [0, 0.05) is 32.1 Å². The number of para-hydroxylation sites is 1. The Bertz CT molecular complexity index is 1220. The summed E-state index contributed by atoms with van der Waals surface area (Å²) in [5, 5.41) is 0. The zero-order valence-corrected chi connectivity index (χ0v) is 20.7. The van der Waals surface area contributed by atoms with E-state index in [4.69, 9.17) is 9.47 Å². The van der Waals surface area contributed by atoms with E-state index in [0.29, 0.717) is 24.4 Å². The summed E-state index contributed by atoms with van der Waals surface area (Å²) in [5.74, 6) is 0.588. The molecule has 2 aliphatic rings. The highest BCUT2D eigenvalue weighted by molar-refractivity contribution is 7.88. The molecule has 1 aromatic heterocycles. The minimum atomic E-state index is -3.51. The van der Waals surface area contributed by atoms with Gasteiger partial charge in [0.2, 0.25) is 10.0 Å². The number of sulfonamides is 1. The van der Waals surface area contributed by atoms with E-state index in [0.717, 1.165) is 30.8 Å². The highest BCUT2D eigenvalue weighted by atomic mass is 32.2. The Hall–Kier alpha value is -2.94. The molecule has 7 nitrogen and oxygen atoms in total. The first-order valence-corrected chi connectivity index (χ1v) is 13.6. The van der Waals surface area contributed by atoms with Crippen molar-refractivity contribution in [3.05, 3.63) is 90.3 Å². The molecule has 5 rings (SSSR count). The summed E-state index contributed by atoms with van der Waals surface area (Å²) in [6.07, 6.45) is 3.11. The van der Waals surface area contributed by atoms with Gasteiger partial charge in [-0.3, -0.25) is 4.98 Å². The molecule has 8 heteroatoms. The number of nitrogens with zero attached hydrogens (tertiary/aromatic N) is 3. The molecule has 2 saturated heterocycles. The van der Waals surface area contributed by atoms with Gasteiger partial charge in [0.15, 0.2) is 0 Å². The van der Waals surface area contributed by atoms with Crippen molar-refractivity contribution in [1.29, 1.82) is 0 Å². The lowest BCUT2D eigenvalue weighted by atomic mass is 10.1. The minimum Gasteiger partial charge on any atom is -0.486 e. The number of pyridine rings is 1. The van der Waals surface area contributed by atoms with Gasteiger partial charge in [-0.1, -0.05) is 36.4 Å². The van der Waals surface area contributed by atoms with Crippen LogP contribution in [0, 0.1) is 0 Å². The second-order valence-corrected chi connectivity index (χ2v) is 11.0. The van der Waals surface area contributed by atoms with Crippen molar-refractivity contribution in [3.8, 4) is 5.75 Å². The van der Waals surface area contributed by atoms with Crippen LogP contribution in [0.3, 0.4) is 0 Å². The number of ether oxygens (including phenoxy) is 2. The van der Waals surface area contributed by atoms with Crippen molar-refractivity contribution in [2.75, 3.05) is 31.6 Å². The van der Waals surface area contributed by atoms with Crippen molar-refractivity contribution in [2.24, 2.45) is 0 Å². The Morgan fingerprint density at radius 3 is 2.54 bits per heavy atom. The highest BCUT2D eigenvalue weighted by Gasteiger charge is 2.37. The maximum atomic E-state index is 13.4. The number of aromatic nitrogens is 1. The molecule has 0 saturated carbocycles. The molecule has 0 bridgehead atoms. The normalized spacial score (nSPS) is 23.0. The number of hydrogen-bond donors (Lipinski definition) is 0. The van der Waals surface area contributed by atoms with Crippen molar-refractivity contribution in [3.63, 3.8) is 0 Å². The summed E-state index contributed by atoms with van der Waals surface area (Å²) in [5.41, 5.74) is 2.65. The largest absolute Gasteiger partial charge is 0.486 e. The molecule has 1 unspecified atom stereocenters. The monoisotopic (exact) mass is 493 g/mol. The molecule has 0 radical (unpaired) electrons. The fraction of sp³-hybridized carbons (Fsp3) is 0.370. The summed E-state index contributed by atoms with van der Waals surface area (Å²) in [4.78, 5) is 6.65. The van der Waals surface area contributed by atoms with Crippen LogP contribution in [0.5, 0.6) is 5.75 Å². The SMILES string of the molecule is CO[C@@H]1CN(c2ccccc2)C[C@H]1Oc1cccc(CS(=O)(=O)N2CCCC2c2ccccn2)c1. The average Bonchev–Trinajstić information content (AvgIpc) is 3.53. The summed E-state index contributed by atoms with van der Waals surface area (Å²) in [6, 6.07) is 23.1. The lowest BCUT2D eigenvalue weighted by Crippen LogP contribution is -2.32. The van der Waals surface area contributed by atoms with Crippen LogP contribution in [0.1, 0.15) is 30.1 Å². The molecule has 2 aromatic carbocycles. The van der Waals surface area contributed by atoms with Crippen LogP contribution in [0.25, 0.3) is 0 Å². The Morgan fingerprint density at radius 2 is 1.77 bits per heavy atom. The number of anilines is 1. The predicted molar refractivity (Wildman–Crippen MR) is 136 cm³/mol. The molecule has 2 aliphatic heterocycles. The third-order valence-electron chi connectivity index (χ3n) is 6.76. The van der Waals surface area contributed by atoms with Crippen LogP contribution in [0.15, 0.2) is 79.0 Å². The van der Waals surface area contributed by atoms with Crippen molar-refractivity contribution in [1.82, 2.24) is 9.29 Å². The van der Waals surface area contributed by atoms with Gasteiger partial charge in [-0.2, -0.15) is 4.31 Å². The topological polar surface area (TPSA) is 72.0 Å². The molecule has 0 spiro atoms. The van der Waals surface area contributed by atoms with E-state index >= 15 is 0 Å². The molecule has 0 aliphatic carbocycles. The van der Waals surface area contributed by atoms with Gasteiger partial charge in [0.25, 0.3) is 0 Å². The first kappa shape index (κ1) is 23.8. The second-order valence-electron chi connectivity index (χ2n) is 9.10. The fourth-order valence-corrected chi connectivity index (χ4v) is 6.83. The van der Waals surface area contributed by atoms with Gasteiger partial charge < -0.3 is 14.4 Å². The molecule has 3 atom stereocenters. The van der Waals surface area contributed by atoms with Crippen LogP contribution < -0.4 is 9.64 Å². The van der Waals surface area contributed by atoms with Crippen LogP contribution in [0.2, 0.25) is 0 Å².